The predicted octanol–water partition coefficient (Wildman–Crippen LogP) is 1.10. The van der Waals surface area contributed by atoms with Crippen molar-refractivity contribution in [1.82, 2.24) is 10.0 Å². The molecule has 1 aromatic rings. The third-order valence-corrected chi connectivity index (χ3v) is 5.44. The Morgan fingerprint density at radius 3 is 2.35 bits per heavy atom. The number of carbonyl (C=O) groups is 4. The van der Waals surface area contributed by atoms with Crippen LogP contribution in [0.1, 0.15) is 32.8 Å². The monoisotopic (exact) mass is 432 g/mol. The number of carbonyl (C=O) groups excluding carboxylic acids is 4. The van der Waals surface area contributed by atoms with Gasteiger partial charge in [0.05, 0.1) is 19.1 Å². The van der Waals surface area contributed by atoms with Crippen molar-refractivity contribution in [2.24, 2.45) is 5.92 Å². The van der Waals surface area contributed by atoms with E-state index in [0.717, 1.165) is 10.6 Å². The van der Waals surface area contributed by atoms with E-state index in [9.17, 15) is 19.2 Å². The smallest absolute Gasteiger partial charge is 0.335 e. The van der Waals surface area contributed by atoms with Crippen LogP contribution in [0.25, 0.3) is 0 Å². The minimum atomic E-state index is -1.81. The van der Waals surface area contributed by atoms with Crippen LogP contribution >= 0.6 is 0 Å². The summed E-state index contributed by atoms with van der Waals surface area (Å²) in [5, 5.41) is 2.58. The summed E-state index contributed by atoms with van der Waals surface area (Å²) in [6.07, 6.45) is -0.604. The molecular weight excluding hydrogens is 404 g/mol. The number of hydrogen-bond donors (Lipinski definition) is 0. The topological polar surface area (TPSA) is 102 Å². The predicted molar refractivity (Wildman–Crippen MR) is 108 cm³/mol. The zero-order chi connectivity index (χ0) is 22.6. The summed E-state index contributed by atoms with van der Waals surface area (Å²) < 4.78 is 15.8. The molecule has 2 amide bonds. The van der Waals surface area contributed by atoms with Gasteiger partial charge in [-0.1, -0.05) is 30.3 Å². The van der Waals surface area contributed by atoms with E-state index >= 15 is 0 Å². The van der Waals surface area contributed by atoms with Crippen molar-refractivity contribution >= 4 is 23.8 Å². The number of benzene rings is 1. The zero-order valence-corrected chi connectivity index (χ0v) is 18.0. The van der Waals surface area contributed by atoms with Gasteiger partial charge in [-0.3, -0.25) is 14.4 Å². The van der Waals surface area contributed by atoms with Crippen LogP contribution in [0.2, 0.25) is 0 Å². The fourth-order valence-corrected chi connectivity index (χ4v) is 3.89. The molecule has 0 N–H and O–H groups in total. The Hall–Kier alpha value is -2.78. The van der Waals surface area contributed by atoms with Crippen molar-refractivity contribution in [3.63, 3.8) is 0 Å². The van der Waals surface area contributed by atoms with Crippen LogP contribution in [0, 0.1) is 5.92 Å². The average molecular weight is 432 g/mol. The Labute approximate surface area is 181 Å². The van der Waals surface area contributed by atoms with E-state index in [1.165, 1.54) is 6.92 Å². The van der Waals surface area contributed by atoms with Crippen molar-refractivity contribution in [3.8, 4) is 0 Å². The zero-order valence-electron chi connectivity index (χ0n) is 18.0. The van der Waals surface area contributed by atoms with Crippen LogP contribution in [0.5, 0.6) is 0 Å². The van der Waals surface area contributed by atoms with Crippen LogP contribution in [0.3, 0.4) is 0 Å². The maximum Gasteiger partial charge on any atom is 0.335 e. The quantitative estimate of drug-likeness (QED) is 0.325. The molecule has 0 bridgehead atoms. The van der Waals surface area contributed by atoms with E-state index in [1.54, 1.807) is 43.1 Å². The van der Waals surface area contributed by atoms with Crippen LogP contribution in [0.4, 0.5) is 0 Å². The van der Waals surface area contributed by atoms with Gasteiger partial charge in [0.15, 0.2) is 6.10 Å². The second-order valence-corrected chi connectivity index (χ2v) is 7.57. The molecule has 0 aromatic heterocycles. The number of rotatable bonds is 9. The van der Waals surface area contributed by atoms with Crippen LogP contribution < -0.4 is 0 Å². The Morgan fingerprint density at radius 2 is 1.74 bits per heavy atom. The van der Waals surface area contributed by atoms with E-state index in [1.807, 2.05) is 6.07 Å². The fraction of sp³-hybridized carbons (Fsp3) is 0.545. The first kappa shape index (κ1) is 22.9. The van der Waals surface area contributed by atoms with Gasteiger partial charge in [0, 0.05) is 19.5 Å². The highest BCUT2D eigenvalue weighted by Gasteiger charge is 2.66. The number of imide groups is 1. The third-order valence-electron chi connectivity index (χ3n) is 5.44. The van der Waals surface area contributed by atoms with E-state index in [-0.39, 0.29) is 32.1 Å². The van der Waals surface area contributed by atoms with Gasteiger partial charge in [0.25, 0.3) is 11.8 Å². The highest BCUT2D eigenvalue weighted by atomic mass is 16.6. The van der Waals surface area contributed by atoms with E-state index in [2.05, 4.69) is 0 Å². The summed E-state index contributed by atoms with van der Waals surface area (Å²) in [4.78, 5) is 50.7. The van der Waals surface area contributed by atoms with Gasteiger partial charge in [-0.15, -0.1) is 0 Å². The normalized spacial score (nSPS) is 21.5. The average Bonchev–Trinajstić information content (AvgIpc) is 3.24. The van der Waals surface area contributed by atoms with Gasteiger partial charge >= 0.3 is 11.9 Å². The largest absolute Gasteiger partial charge is 0.466 e. The fourth-order valence-electron chi connectivity index (χ4n) is 3.89. The standard InChI is InChI=1S/C22H28N2O7/c1-4-29-18(25)15(3)31-22(13-16-9-7-6-8-10-16)20(27)24(21(22)28)23-12-11-17(14-23)19(26)30-5-2/h6-10,15,17H,4-5,11-14H2,1-3H3. The molecule has 0 spiro atoms. The first-order chi connectivity index (χ1) is 14.8. The van der Waals surface area contributed by atoms with E-state index in [4.69, 9.17) is 14.2 Å². The molecule has 9 nitrogen and oxygen atoms in total. The van der Waals surface area contributed by atoms with Gasteiger partial charge in [0.1, 0.15) is 0 Å². The molecule has 1 aromatic carbocycles. The lowest BCUT2D eigenvalue weighted by Crippen LogP contribution is -2.77. The summed E-state index contributed by atoms with van der Waals surface area (Å²) >= 11 is 0. The first-order valence-corrected chi connectivity index (χ1v) is 10.5. The molecule has 2 heterocycles. The number of hydrazine groups is 1. The summed E-state index contributed by atoms with van der Waals surface area (Å²) in [7, 11) is 0. The number of ether oxygens (including phenoxy) is 3. The maximum absolute atomic E-state index is 13.3. The van der Waals surface area contributed by atoms with Crippen molar-refractivity contribution in [3.05, 3.63) is 35.9 Å². The molecule has 2 aliphatic rings. The van der Waals surface area contributed by atoms with Crippen LogP contribution in [-0.2, 0) is 39.8 Å². The van der Waals surface area contributed by atoms with Gasteiger partial charge in [0.2, 0.25) is 5.60 Å². The summed E-state index contributed by atoms with van der Waals surface area (Å²) in [5.74, 6) is -2.49. The molecule has 0 saturated carbocycles. The Morgan fingerprint density at radius 1 is 1.10 bits per heavy atom. The van der Waals surface area contributed by atoms with E-state index < -0.39 is 35.4 Å². The van der Waals surface area contributed by atoms with Gasteiger partial charge in [-0.25, -0.2) is 14.8 Å². The SMILES string of the molecule is CCOC(=O)C1CCN(N2C(=O)C(Cc3ccccc3)(OC(C)C(=O)OCC)C2=O)C1. The molecule has 31 heavy (non-hydrogen) atoms. The molecule has 2 atom stereocenters. The van der Waals surface area contributed by atoms with Crippen molar-refractivity contribution in [2.75, 3.05) is 26.3 Å². The molecule has 2 saturated heterocycles. The van der Waals surface area contributed by atoms with Crippen molar-refractivity contribution < 1.29 is 33.4 Å². The Bertz CT molecular complexity index is 826. The number of hydrogen-bond acceptors (Lipinski definition) is 8. The number of β-lactam (4-membered cyclic amide) rings is 2. The second kappa shape index (κ2) is 9.57. The number of amides is 2. The maximum atomic E-state index is 13.3. The summed E-state index contributed by atoms with van der Waals surface area (Å²) in [6, 6.07) is 9.00. The lowest BCUT2D eigenvalue weighted by molar-refractivity contribution is -0.225. The lowest BCUT2D eigenvalue weighted by Gasteiger charge is -2.49. The van der Waals surface area contributed by atoms with Gasteiger partial charge in [-0.05, 0) is 32.8 Å². The van der Waals surface area contributed by atoms with Crippen LogP contribution in [-0.4, -0.2) is 71.8 Å². The molecule has 0 aliphatic carbocycles. The molecular formula is C22H28N2O7. The van der Waals surface area contributed by atoms with Gasteiger partial charge < -0.3 is 14.2 Å². The molecule has 2 unspecified atom stereocenters. The molecule has 9 heteroatoms. The first-order valence-electron chi connectivity index (χ1n) is 10.5. The molecule has 3 rings (SSSR count). The summed E-state index contributed by atoms with van der Waals surface area (Å²) in [6.45, 7) is 5.87. The van der Waals surface area contributed by atoms with Crippen molar-refractivity contribution in [1.29, 1.82) is 0 Å². The Balaban J connectivity index is 1.79. The molecule has 2 aliphatic heterocycles. The van der Waals surface area contributed by atoms with E-state index in [0.29, 0.717) is 13.0 Å². The number of nitrogens with zero attached hydrogens (tertiary/aromatic N) is 2. The molecule has 168 valence electrons. The summed E-state index contributed by atoms with van der Waals surface area (Å²) in [5.41, 5.74) is -1.08. The minimum absolute atomic E-state index is 0.000889. The molecule has 2 fully saturated rings. The second-order valence-electron chi connectivity index (χ2n) is 7.57. The van der Waals surface area contributed by atoms with Crippen molar-refractivity contribution in [2.45, 2.75) is 45.3 Å². The highest BCUT2D eigenvalue weighted by molar-refractivity contribution is 6.24. The van der Waals surface area contributed by atoms with Crippen LogP contribution in [0.15, 0.2) is 30.3 Å². The highest BCUT2D eigenvalue weighted by Crippen LogP contribution is 2.37. The lowest BCUT2D eigenvalue weighted by atomic mass is 9.85. The van der Waals surface area contributed by atoms with Gasteiger partial charge in [-0.2, -0.15) is 0 Å². The Kier molecular flexibility index (Phi) is 7.07. The molecule has 0 radical (unpaired) electrons. The number of esters is 2. The third kappa shape index (κ3) is 4.47. The minimum Gasteiger partial charge on any atom is -0.466 e.